The standard InChI is InChI=1S/C21H35N5O/c1-2-25-10-8-17(9-11-25)23-19-4-3-5-20-18(19)14-22-21(24-20)26-12-6-16(15-27)7-13-26/h14,16-17,19,23,27H,2-13,15H2,1H3/t19-/m1/s1. The summed E-state index contributed by atoms with van der Waals surface area (Å²) < 4.78 is 0. The Morgan fingerprint density at radius 3 is 2.59 bits per heavy atom. The van der Waals surface area contributed by atoms with E-state index < -0.39 is 0 Å². The number of nitrogens with one attached hydrogen (secondary N) is 1. The molecule has 0 bridgehead atoms. The van der Waals surface area contributed by atoms with E-state index in [1.54, 1.807) is 0 Å². The highest BCUT2D eigenvalue weighted by Crippen LogP contribution is 2.31. The van der Waals surface area contributed by atoms with Crippen LogP contribution in [0.5, 0.6) is 0 Å². The number of likely N-dealkylation sites (tertiary alicyclic amines) is 1. The summed E-state index contributed by atoms with van der Waals surface area (Å²) in [6.45, 7) is 8.09. The summed E-state index contributed by atoms with van der Waals surface area (Å²) in [5, 5.41) is 13.3. The van der Waals surface area contributed by atoms with Gasteiger partial charge in [-0.2, -0.15) is 0 Å². The summed E-state index contributed by atoms with van der Waals surface area (Å²) in [7, 11) is 0. The van der Waals surface area contributed by atoms with Crippen LogP contribution < -0.4 is 10.2 Å². The third-order valence-electron chi connectivity index (χ3n) is 6.80. The smallest absolute Gasteiger partial charge is 0.225 e. The van der Waals surface area contributed by atoms with E-state index in [1.807, 2.05) is 0 Å². The van der Waals surface area contributed by atoms with Crippen molar-refractivity contribution in [3.8, 4) is 0 Å². The normalized spacial score (nSPS) is 25.6. The van der Waals surface area contributed by atoms with Crippen molar-refractivity contribution in [1.29, 1.82) is 0 Å². The molecule has 0 radical (unpaired) electrons. The Morgan fingerprint density at radius 1 is 1.11 bits per heavy atom. The van der Waals surface area contributed by atoms with Crippen LogP contribution in [0.1, 0.15) is 62.7 Å². The van der Waals surface area contributed by atoms with Crippen LogP contribution in [0.4, 0.5) is 5.95 Å². The van der Waals surface area contributed by atoms with E-state index in [1.165, 1.54) is 56.6 Å². The largest absolute Gasteiger partial charge is 0.396 e. The Morgan fingerprint density at radius 2 is 1.89 bits per heavy atom. The molecule has 0 unspecified atom stereocenters. The van der Waals surface area contributed by atoms with Gasteiger partial charge in [-0.25, -0.2) is 9.97 Å². The van der Waals surface area contributed by atoms with E-state index in [0.29, 0.717) is 24.6 Å². The molecular formula is C21H35N5O. The van der Waals surface area contributed by atoms with Crippen molar-refractivity contribution in [2.45, 2.75) is 64.0 Å². The van der Waals surface area contributed by atoms with Crippen molar-refractivity contribution in [3.63, 3.8) is 0 Å². The van der Waals surface area contributed by atoms with Crippen LogP contribution in [-0.2, 0) is 6.42 Å². The van der Waals surface area contributed by atoms with Gasteiger partial charge in [-0.15, -0.1) is 0 Å². The summed E-state index contributed by atoms with van der Waals surface area (Å²) >= 11 is 0. The average Bonchev–Trinajstić information content (AvgIpc) is 2.74. The van der Waals surface area contributed by atoms with Crippen LogP contribution in [0.25, 0.3) is 0 Å². The number of hydrogen-bond donors (Lipinski definition) is 2. The fourth-order valence-electron chi connectivity index (χ4n) is 4.88. The molecule has 4 rings (SSSR count). The summed E-state index contributed by atoms with van der Waals surface area (Å²) in [5.41, 5.74) is 2.58. The number of anilines is 1. The van der Waals surface area contributed by atoms with Gasteiger partial charge in [-0.1, -0.05) is 6.92 Å². The molecule has 0 amide bonds. The maximum atomic E-state index is 9.34. The molecule has 0 spiro atoms. The SMILES string of the molecule is CCN1CCC(N[C@@H]2CCCc3nc(N4CCC(CO)CC4)ncc32)CC1. The molecule has 1 aliphatic carbocycles. The molecule has 150 valence electrons. The van der Waals surface area contributed by atoms with Crippen LogP contribution in [0.15, 0.2) is 6.20 Å². The molecule has 1 aromatic rings. The molecule has 3 heterocycles. The van der Waals surface area contributed by atoms with Crippen molar-refractivity contribution in [1.82, 2.24) is 20.2 Å². The minimum Gasteiger partial charge on any atom is -0.396 e. The minimum absolute atomic E-state index is 0.309. The Kier molecular flexibility index (Phi) is 6.25. The molecular weight excluding hydrogens is 338 g/mol. The van der Waals surface area contributed by atoms with Gasteiger partial charge in [0.2, 0.25) is 5.95 Å². The molecule has 2 N–H and O–H groups in total. The van der Waals surface area contributed by atoms with E-state index in [4.69, 9.17) is 9.97 Å². The second-order valence-electron chi connectivity index (χ2n) is 8.51. The van der Waals surface area contributed by atoms with Crippen molar-refractivity contribution >= 4 is 5.95 Å². The quantitative estimate of drug-likeness (QED) is 0.824. The summed E-state index contributed by atoms with van der Waals surface area (Å²) in [5.74, 6) is 1.34. The first-order valence-electron chi connectivity index (χ1n) is 11.0. The number of aliphatic hydroxyl groups excluding tert-OH is 1. The van der Waals surface area contributed by atoms with Gasteiger partial charge in [-0.05, 0) is 70.5 Å². The van der Waals surface area contributed by atoms with Gasteiger partial charge in [0.25, 0.3) is 0 Å². The Hall–Kier alpha value is -1.24. The number of nitrogens with zero attached hydrogens (tertiary/aromatic N) is 4. The van der Waals surface area contributed by atoms with Gasteiger partial charge in [0, 0.05) is 43.5 Å². The zero-order chi connectivity index (χ0) is 18.6. The zero-order valence-electron chi connectivity index (χ0n) is 16.7. The minimum atomic E-state index is 0.309. The lowest BCUT2D eigenvalue weighted by Crippen LogP contribution is -2.44. The highest BCUT2D eigenvalue weighted by atomic mass is 16.3. The third kappa shape index (κ3) is 4.44. The van der Waals surface area contributed by atoms with Crippen LogP contribution in [0.3, 0.4) is 0 Å². The highest BCUT2D eigenvalue weighted by Gasteiger charge is 2.28. The second kappa shape index (κ2) is 8.84. The Bertz CT molecular complexity index is 609. The first kappa shape index (κ1) is 19.1. The average molecular weight is 374 g/mol. The van der Waals surface area contributed by atoms with Gasteiger partial charge in [0.1, 0.15) is 0 Å². The lowest BCUT2D eigenvalue weighted by atomic mass is 9.90. The topological polar surface area (TPSA) is 64.5 Å². The van der Waals surface area contributed by atoms with Gasteiger partial charge in [0.05, 0.1) is 5.69 Å². The van der Waals surface area contributed by atoms with Crippen LogP contribution in [0, 0.1) is 5.92 Å². The second-order valence-corrected chi connectivity index (χ2v) is 8.51. The van der Waals surface area contributed by atoms with E-state index in [-0.39, 0.29) is 0 Å². The monoisotopic (exact) mass is 373 g/mol. The number of piperidine rings is 2. The molecule has 2 fully saturated rings. The number of aromatic nitrogens is 2. The molecule has 6 heteroatoms. The fraction of sp³-hybridized carbons (Fsp3) is 0.810. The highest BCUT2D eigenvalue weighted by molar-refractivity contribution is 5.36. The number of aryl methyl sites for hydroxylation is 1. The summed E-state index contributed by atoms with van der Waals surface area (Å²) in [4.78, 5) is 14.5. The lowest BCUT2D eigenvalue weighted by Gasteiger charge is -2.36. The van der Waals surface area contributed by atoms with Crippen LogP contribution in [-0.4, -0.2) is 65.3 Å². The first-order chi connectivity index (χ1) is 13.3. The van der Waals surface area contributed by atoms with E-state index in [0.717, 1.165) is 38.3 Å². The summed E-state index contributed by atoms with van der Waals surface area (Å²) in [6.07, 6.45) is 10.2. The van der Waals surface area contributed by atoms with E-state index in [2.05, 4.69) is 28.2 Å². The van der Waals surface area contributed by atoms with Gasteiger partial charge in [-0.3, -0.25) is 0 Å². The maximum Gasteiger partial charge on any atom is 0.225 e. The first-order valence-corrected chi connectivity index (χ1v) is 11.0. The molecule has 2 saturated heterocycles. The zero-order valence-corrected chi connectivity index (χ0v) is 16.7. The van der Waals surface area contributed by atoms with Gasteiger partial charge in [0.15, 0.2) is 0 Å². The molecule has 0 saturated carbocycles. The van der Waals surface area contributed by atoms with Gasteiger partial charge >= 0.3 is 0 Å². The van der Waals surface area contributed by atoms with Crippen LogP contribution >= 0.6 is 0 Å². The number of aliphatic hydroxyl groups is 1. The van der Waals surface area contributed by atoms with Crippen LogP contribution in [0.2, 0.25) is 0 Å². The van der Waals surface area contributed by atoms with Crippen molar-refractivity contribution in [2.75, 3.05) is 44.2 Å². The van der Waals surface area contributed by atoms with Crippen molar-refractivity contribution in [2.24, 2.45) is 5.92 Å². The third-order valence-corrected chi connectivity index (χ3v) is 6.80. The Labute approximate surface area is 163 Å². The molecule has 0 aromatic carbocycles. The number of rotatable bonds is 5. The molecule has 3 aliphatic rings. The van der Waals surface area contributed by atoms with E-state index >= 15 is 0 Å². The predicted molar refractivity (Wildman–Crippen MR) is 108 cm³/mol. The molecule has 6 nitrogen and oxygen atoms in total. The number of fused-ring (bicyclic) bond motifs is 1. The predicted octanol–water partition coefficient (Wildman–Crippen LogP) is 2.14. The molecule has 1 atom stereocenters. The molecule has 27 heavy (non-hydrogen) atoms. The lowest BCUT2D eigenvalue weighted by molar-refractivity contribution is 0.195. The molecule has 2 aliphatic heterocycles. The summed E-state index contributed by atoms with van der Waals surface area (Å²) in [6, 6.07) is 1.04. The van der Waals surface area contributed by atoms with Crippen molar-refractivity contribution < 1.29 is 5.11 Å². The van der Waals surface area contributed by atoms with Crippen molar-refractivity contribution in [3.05, 3.63) is 17.5 Å². The van der Waals surface area contributed by atoms with Gasteiger partial charge < -0.3 is 20.2 Å². The maximum absolute atomic E-state index is 9.34. The molecule has 1 aromatic heterocycles. The fourth-order valence-corrected chi connectivity index (χ4v) is 4.88. The number of hydrogen-bond acceptors (Lipinski definition) is 6. The van der Waals surface area contributed by atoms with E-state index in [9.17, 15) is 5.11 Å². The Balaban J connectivity index is 1.40.